The number of allylic oxidation sites excluding steroid dienone is 1. The molecule has 0 aromatic heterocycles. The Kier molecular flexibility index (Phi) is 8.49. The lowest BCUT2D eigenvalue weighted by Gasteiger charge is -2.36. The summed E-state index contributed by atoms with van der Waals surface area (Å²) in [4.78, 5) is 14.7. The van der Waals surface area contributed by atoms with Crippen LogP contribution in [-0.4, -0.2) is 52.9 Å². The summed E-state index contributed by atoms with van der Waals surface area (Å²) in [6.45, 7) is 0.184. The molecule has 1 fully saturated rings. The van der Waals surface area contributed by atoms with Gasteiger partial charge in [-0.15, -0.1) is 6.42 Å². The molecule has 5 heteroatoms. The van der Waals surface area contributed by atoms with E-state index in [0.29, 0.717) is 18.8 Å². The minimum atomic E-state index is -0.757. The van der Waals surface area contributed by atoms with Gasteiger partial charge in [0.1, 0.15) is 11.8 Å². The number of carbonyl (C=O) groups is 1. The number of hydrogen-bond donors (Lipinski definition) is 2. The Balaban J connectivity index is 1.91. The zero-order valence-corrected chi connectivity index (χ0v) is 18.4. The number of nitrogens with zero attached hydrogens (tertiary/aromatic N) is 1. The van der Waals surface area contributed by atoms with Crippen molar-refractivity contribution in [2.24, 2.45) is 5.92 Å². The van der Waals surface area contributed by atoms with Gasteiger partial charge in [0.2, 0.25) is 0 Å². The van der Waals surface area contributed by atoms with Crippen molar-refractivity contribution < 1.29 is 19.7 Å². The van der Waals surface area contributed by atoms with Gasteiger partial charge in [0.15, 0.2) is 0 Å². The largest absolute Gasteiger partial charge is 0.508 e. The van der Waals surface area contributed by atoms with Crippen molar-refractivity contribution in [2.75, 3.05) is 13.7 Å². The van der Waals surface area contributed by atoms with Crippen LogP contribution in [0, 0.1) is 18.3 Å². The molecular formula is C27H31NO4. The summed E-state index contributed by atoms with van der Waals surface area (Å²) < 4.78 is 5.12. The third-order valence-corrected chi connectivity index (χ3v) is 5.78. The van der Waals surface area contributed by atoms with Crippen LogP contribution >= 0.6 is 0 Å². The lowest BCUT2D eigenvalue weighted by atomic mass is 9.96. The number of rotatable bonds is 11. The van der Waals surface area contributed by atoms with E-state index >= 15 is 0 Å². The highest BCUT2D eigenvalue weighted by Gasteiger charge is 2.35. The second-order valence-electron chi connectivity index (χ2n) is 8.26. The van der Waals surface area contributed by atoms with Crippen LogP contribution in [0.4, 0.5) is 0 Å². The van der Waals surface area contributed by atoms with Crippen LogP contribution in [0.5, 0.6) is 5.75 Å². The molecule has 0 unspecified atom stereocenters. The average Bonchev–Trinajstić information content (AvgIpc) is 3.63. The van der Waals surface area contributed by atoms with Gasteiger partial charge in [-0.2, -0.15) is 0 Å². The van der Waals surface area contributed by atoms with Gasteiger partial charge in [-0.3, -0.25) is 9.69 Å². The number of aromatic hydroxyl groups is 1. The molecule has 168 valence electrons. The molecule has 1 aliphatic carbocycles. The fourth-order valence-corrected chi connectivity index (χ4v) is 3.85. The van der Waals surface area contributed by atoms with E-state index in [0.717, 1.165) is 24.0 Å². The van der Waals surface area contributed by atoms with Crippen molar-refractivity contribution in [1.82, 2.24) is 4.90 Å². The number of carbonyl (C=O) groups excluding carboxylic acids is 1. The predicted molar refractivity (Wildman–Crippen MR) is 125 cm³/mol. The van der Waals surface area contributed by atoms with Gasteiger partial charge >= 0.3 is 5.97 Å². The quantitative estimate of drug-likeness (QED) is 0.323. The fourth-order valence-electron chi connectivity index (χ4n) is 3.85. The molecule has 0 bridgehead atoms. The standard InChI is InChI=1S/C27H31NO4/c1-3-17-28(25(27(31)32-2)18-22-11-14-23(29)15-12-22)24(16-13-20-9-10-20)26(30)19-21-7-5-4-6-8-21/h1,4-8,11-16,20,24-26,29-30H,9-10,17-19H2,2H3/b16-13+/t24-,25-,26+/m0/s1. The maximum absolute atomic E-state index is 12.8. The molecule has 3 rings (SSSR count). The molecule has 0 radical (unpaired) electrons. The molecule has 3 atom stereocenters. The van der Waals surface area contributed by atoms with Crippen molar-refractivity contribution >= 4 is 5.97 Å². The molecule has 0 amide bonds. The predicted octanol–water partition coefficient (Wildman–Crippen LogP) is 3.35. The topological polar surface area (TPSA) is 70.0 Å². The number of aliphatic hydroxyl groups is 1. The lowest BCUT2D eigenvalue weighted by Crippen LogP contribution is -2.53. The van der Waals surface area contributed by atoms with Crippen molar-refractivity contribution in [2.45, 2.75) is 43.9 Å². The van der Waals surface area contributed by atoms with Gasteiger partial charge in [0, 0.05) is 6.42 Å². The van der Waals surface area contributed by atoms with Crippen LogP contribution in [0.3, 0.4) is 0 Å². The van der Waals surface area contributed by atoms with E-state index in [4.69, 9.17) is 11.2 Å². The van der Waals surface area contributed by atoms with Gasteiger partial charge in [-0.1, -0.05) is 60.5 Å². The van der Waals surface area contributed by atoms with E-state index in [1.807, 2.05) is 41.3 Å². The van der Waals surface area contributed by atoms with E-state index in [1.165, 1.54) is 7.11 Å². The first kappa shape index (κ1) is 23.6. The Hall–Kier alpha value is -3.07. The molecule has 1 aliphatic rings. The molecule has 32 heavy (non-hydrogen) atoms. The molecular weight excluding hydrogens is 402 g/mol. The minimum Gasteiger partial charge on any atom is -0.508 e. The molecule has 5 nitrogen and oxygen atoms in total. The van der Waals surface area contributed by atoms with E-state index in [2.05, 4.69) is 12.0 Å². The average molecular weight is 434 g/mol. The highest BCUT2D eigenvalue weighted by molar-refractivity contribution is 5.76. The minimum absolute atomic E-state index is 0.160. The lowest BCUT2D eigenvalue weighted by molar-refractivity contribution is -0.148. The van der Waals surface area contributed by atoms with E-state index < -0.39 is 24.2 Å². The van der Waals surface area contributed by atoms with Gasteiger partial charge in [-0.25, -0.2) is 0 Å². The number of hydrogen-bond acceptors (Lipinski definition) is 5. The molecule has 2 aromatic rings. The first-order valence-corrected chi connectivity index (χ1v) is 11.0. The zero-order chi connectivity index (χ0) is 22.9. The maximum Gasteiger partial charge on any atom is 0.323 e. The molecule has 2 N–H and O–H groups in total. The van der Waals surface area contributed by atoms with Gasteiger partial charge in [0.05, 0.1) is 25.8 Å². The fraction of sp³-hybridized carbons (Fsp3) is 0.370. The van der Waals surface area contributed by atoms with Crippen molar-refractivity contribution in [3.8, 4) is 18.1 Å². The zero-order valence-electron chi connectivity index (χ0n) is 18.4. The summed E-state index contributed by atoms with van der Waals surface area (Å²) in [6, 6.07) is 15.4. The van der Waals surface area contributed by atoms with Gasteiger partial charge in [-0.05, 0) is 48.4 Å². The third-order valence-electron chi connectivity index (χ3n) is 5.78. The molecule has 0 aliphatic heterocycles. The van der Waals surface area contributed by atoms with Crippen LogP contribution in [0.2, 0.25) is 0 Å². The highest BCUT2D eigenvalue weighted by atomic mass is 16.5. The van der Waals surface area contributed by atoms with Gasteiger partial charge < -0.3 is 14.9 Å². The molecule has 0 saturated heterocycles. The molecule has 0 heterocycles. The van der Waals surface area contributed by atoms with Gasteiger partial charge in [0.25, 0.3) is 0 Å². The Morgan fingerprint density at radius 3 is 2.41 bits per heavy atom. The Morgan fingerprint density at radius 2 is 1.81 bits per heavy atom. The smallest absolute Gasteiger partial charge is 0.323 e. The summed E-state index contributed by atoms with van der Waals surface area (Å²) in [6.07, 6.45) is 12.1. The summed E-state index contributed by atoms with van der Waals surface area (Å²) in [5.74, 6) is 2.92. The summed E-state index contributed by atoms with van der Waals surface area (Å²) >= 11 is 0. The molecule has 0 spiro atoms. The van der Waals surface area contributed by atoms with Crippen molar-refractivity contribution in [3.05, 3.63) is 77.9 Å². The van der Waals surface area contributed by atoms with Crippen molar-refractivity contribution in [1.29, 1.82) is 0 Å². The number of benzene rings is 2. The Bertz CT molecular complexity index is 928. The first-order chi connectivity index (χ1) is 15.5. The Labute approximate surface area is 190 Å². The number of phenolic OH excluding ortho intramolecular Hbond substituents is 1. The van der Waals surface area contributed by atoms with Crippen LogP contribution in [0.1, 0.15) is 24.0 Å². The van der Waals surface area contributed by atoms with Crippen LogP contribution in [0.15, 0.2) is 66.7 Å². The molecule has 1 saturated carbocycles. The maximum atomic E-state index is 12.8. The Morgan fingerprint density at radius 1 is 1.16 bits per heavy atom. The SMILES string of the molecule is C#CCN([C@@H](Cc1ccc(O)cc1)C(=O)OC)[C@@H](/C=C/C1CC1)[C@H](O)Cc1ccccc1. The summed E-state index contributed by atoms with van der Waals surface area (Å²) in [5.41, 5.74) is 1.88. The van der Waals surface area contributed by atoms with Crippen LogP contribution < -0.4 is 0 Å². The molecule has 2 aromatic carbocycles. The number of terminal acetylenes is 1. The number of phenols is 1. The second kappa shape index (κ2) is 11.5. The van der Waals surface area contributed by atoms with E-state index in [1.54, 1.807) is 24.3 Å². The second-order valence-corrected chi connectivity index (χ2v) is 8.26. The van der Waals surface area contributed by atoms with Crippen molar-refractivity contribution in [3.63, 3.8) is 0 Å². The highest BCUT2D eigenvalue weighted by Crippen LogP contribution is 2.31. The monoisotopic (exact) mass is 433 g/mol. The normalized spacial score (nSPS) is 16.4. The van der Waals surface area contributed by atoms with Crippen LogP contribution in [0.25, 0.3) is 0 Å². The number of methoxy groups -OCH3 is 1. The van der Waals surface area contributed by atoms with Crippen LogP contribution in [-0.2, 0) is 22.4 Å². The third kappa shape index (κ3) is 6.71. The number of esters is 1. The first-order valence-electron chi connectivity index (χ1n) is 11.0. The summed E-state index contributed by atoms with van der Waals surface area (Å²) in [7, 11) is 1.36. The summed E-state index contributed by atoms with van der Waals surface area (Å²) in [5, 5.41) is 20.8. The van der Waals surface area contributed by atoms with E-state index in [-0.39, 0.29) is 12.3 Å². The number of ether oxygens (including phenoxy) is 1. The number of aliphatic hydroxyl groups excluding tert-OH is 1. The van der Waals surface area contributed by atoms with E-state index in [9.17, 15) is 15.0 Å².